The fraction of sp³-hybridized carbons (Fsp3) is 0.154. The van der Waals surface area contributed by atoms with Crippen molar-refractivity contribution in [3.05, 3.63) is 64.7 Å². The molecule has 2 nitrogen and oxygen atoms in total. The fourth-order valence-electron chi connectivity index (χ4n) is 1.68. The van der Waals surface area contributed by atoms with Gasteiger partial charge in [0.25, 0.3) is 0 Å². The zero-order valence-corrected chi connectivity index (χ0v) is 9.62. The van der Waals surface area contributed by atoms with Gasteiger partial charge in [-0.3, -0.25) is 4.98 Å². The monoisotopic (exact) mass is 252 g/mol. The lowest BCUT2D eigenvalue weighted by Crippen LogP contribution is -2.17. The van der Waals surface area contributed by atoms with Crippen LogP contribution in [0.2, 0.25) is 0 Å². The Morgan fingerprint density at radius 3 is 2.44 bits per heavy atom. The second-order valence-corrected chi connectivity index (χ2v) is 3.97. The molecular weight excluding hydrogens is 241 g/mol. The van der Waals surface area contributed by atoms with E-state index < -0.39 is 23.5 Å². The van der Waals surface area contributed by atoms with Gasteiger partial charge in [0.2, 0.25) is 0 Å². The van der Waals surface area contributed by atoms with E-state index in [9.17, 15) is 13.2 Å². The third-order valence-corrected chi connectivity index (χ3v) is 2.70. The molecule has 0 aliphatic heterocycles. The van der Waals surface area contributed by atoms with Gasteiger partial charge in [-0.25, -0.2) is 13.2 Å². The first kappa shape index (κ1) is 12.6. The minimum absolute atomic E-state index is 0.208. The minimum Gasteiger partial charge on any atom is -0.319 e. The van der Waals surface area contributed by atoms with Crippen molar-refractivity contribution in [2.45, 2.75) is 13.0 Å². The molecule has 0 aliphatic carbocycles. The van der Waals surface area contributed by atoms with Crippen LogP contribution < -0.4 is 5.73 Å². The molecule has 0 saturated heterocycles. The third kappa shape index (κ3) is 2.22. The highest BCUT2D eigenvalue weighted by Crippen LogP contribution is 2.25. The molecule has 2 aromatic rings. The van der Waals surface area contributed by atoms with Crippen LogP contribution in [-0.4, -0.2) is 4.98 Å². The SMILES string of the molecule is Cc1ccc(F)c(C(N)c2ccc(F)cn2)c1F. The van der Waals surface area contributed by atoms with Gasteiger partial charge in [0.15, 0.2) is 0 Å². The van der Waals surface area contributed by atoms with Crippen molar-refractivity contribution in [1.29, 1.82) is 0 Å². The van der Waals surface area contributed by atoms with Crippen molar-refractivity contribution in [1.82, 2.24) is 4.98 Å². The summed E-state index contributed by atoms with van der Waals surface area (Å²) >= 11 is 0. The van der Waals surface area contributed by atoms with Crippen LogP contribution in [0, 0.1) is 24.4 Å². The van der Waals surface area contributed by atoms with E-state index in [1.54, 1.807) is 0 Å². The summed E-state index contributed by atoms with van der Waals surface area (Å²) in [6, 6.07) is 3.87. The molecule has 1 atom stereocenters. The number of nitrogens with two attached hydrogens (primary N) is 1. The van der Waals surface area contributed by atoms with Crippen molar-refractivity contribution in [2.24, 2.45) is 5.73 Å². The maximum Gasteiger partial charge on any atom is 0.141 e. The highest BCUT2D eigenvalue weighted by Gasteiger charge is 2.20. The summed E-state index contributed by atoms with van der Waals surface area (Å²) in [7, 11) is 0. The minimum atomic E-state index is -1.06. The molecule has 0 spiro atoms. The molecule has 0 fully saturated rings. The van der Waals surface area contributed by atoms with Crippen LogP contribution in [0.1, 0.15) is 22.9 Å². The normalized spacial score (nSPS) is 12.5. The molecule has 1 aromatic heterocycles. The summed E-state index contributed by atoms with van der Waals surface area (Å²) in [5.41, 5.74) is 6.02. The Bertz CT molecular complexity index is 567. The van der Waals surface area contributed by atoms with Gasteiger partial charge in [0.1, 0.15) is 17.5 Å². The smallest absolute Gasteiger partial charge is 0.141 e. The first-order chi connectivity index (χ1) is 8.50. The van der Waals surface area contributed by atoms with Crippen LogP contribution in [0.25, 0.3) is 0 Å². The standard InChI is InChI=1S/C13H11F3N2/c1-7-2-4-9(15)11(12(7)16)13(17)10-5-3-8(14)6-18-10/h2-6,13H,17H2,1H3. The van der Waals surface area contributed by atoms with Crippen molar-refractivity contribution in [3.63, 3.8) is 0 Å². The van der Waals surface area contributed by atoms with Crippen LogP contribution in [0.15, 0.2) is 30.5 Å². The molecule has 5 heteroatoms. The molecule has 2 rings (SSSR count). The average molecular weight is 252 g/mol. The molecule has 94 valence electrons. The van der Waals surface area contributed by atoms with Gasteiger partial charge in [0, 0.05) is 5.56 Å². The number of nitrogens with zero attached hydrogens (tertiary/aromatic N) is 1. The number of benzene rings is 1. The van der Waals surface area contributed by atoms with Crippen LogP contribution in [0.5, 0.6) is 0 Å². The predicted molar refractivity (Wildman–Crippen MR) is 61.3 cm³/mol. The summed E-state index contributed by atoms with van der Waals surface area (Å²) in [4.78, 5) is 3.73. The van der Waals surface area contributed by atoms with Gasteiger partial charge in [-0.15, -0.1) is 0 Å². The molecule has 1 heterocycles. The van der Waals surface area contributed by atoms with Gasteiger partial charge in [-0.1, -0.05) is 6.07 Å². The maximum absolute atomic E-state index is 13.9. The topological polar surface area (TPSA) is 38.9 Å². The molecule has 0 radical (unpaired) electrons. The molecule has 0 saturated carbocycles. The molecular formula is C13H11F3N2. The van der Waals surface area contributed by atoms with Gasteiger partial charge in [-0.2, -0.15) is 0 Å². The average Bonchev–Trinajstić information content (AvgIpc) is 2.35. The Kier molecular flexibility index (Phi) is 3.34. The summed E-state index contributed by atoms with van der Waals surface area (Å²) < 4.78 is 40.2. The van der Waals surface area contributed by atoms with Gasteiger partial charge >= 0.3 is 0 Å². The zero-order valence-electron chi connectivity index (χ0n) is 9.62. The molecule has 0 aliphatic rings. The van der Waals surface area contributed by atoms with Gasteiger partial charge < -0.3 is 5.73 Å². The second kappa shape index (κ2) is 4.78. The highest BCUT2D eigenvalue weighted by atomic mass is 19.1. The summed E-state index contributed by atoms with van der Waals surface area (Å²) in [6.07, 6.45) is 0.959. The quantitative estimate of drug-likeness (QED) is 0.892. The first-order valence-electron chi connectivity index (χ1n) is 5.32. The number of halogens is 3. The van der Waals surface area contributed by atoms with E-state index in [0.717, 1.165) is 18.3 Å². The fourth-order valence-corrected chi connectivity index (χ4v) is 1.68. The van der Waals surface area contributed by atoms with Crippen LogP contribution in [-0.2, 0) is 0 Å². The Hall–Kier alpha value is -1.88. The van der Waals surface area contributed by atoms with Crippen LogP contribution >= 0.6 is 0 Å². The van der Waals surface area contributed by atoms with Crippen LogP contribution in [0.3, 0.4) is 0 Å². The molecule has 2 N–H and O–H groups in total. The molecule has 0 amide bonds. The van der Waals surface area contributed by atoms with E-state index in [4.69, 9.17) is 5.73 Å². The molecule has 18 heavy (non-hydrogen) atoms. The van der Waals surface area contributed by atoms with Crippen molar-refractivity contribution < 1.29 is 13.2 Å². The van der Waals surface area contributed by atoms with Gasteiger partial charge in [-0.05, 0) is 30.7 Å². The van der Waals surface area contributed by atoms with Crippen molar-refractivity contribution in [2.75, 3.05) is 0 Å². The third-order valence-electron chi connectivity index (χ3n) is 2.70. The van der Waals surface area contributed by atoms with E-state index in [-0.39, 0.29) is 11.3 Å². The molecule has 1 aromatic carbocycles. The summed E-state index contributed by atoms with van der Waals surface area (Å²) in [5.74, 6) is -1.97. The van der Waals surface area contributed by atoms with E-state index in [1.807, 2.05) is 0 Å². The lowest BCUT2D eigenvalue weighted by molar-refractivity contribution is 0.535. The van der Waals surface area contributed by atoms with Crippen LogP contribution in [0.4, 0.5) is 13.2 Å². The summed E-state index contributed by atoms with van der Waals surface area (Å²) in [6.45, 7) is 1.52. The molecule has 1 unspecified atom stereocenters. The Morgan fingerprint density at radius 2 is 1.83 bits per heavy atom. The van der Waals surface area contributed by atoms with E-state index in [1.165, 1.54) is 19.1 Å². The number of rotatable bonds is 2. The van der Waals surface area contributed by atoms with Crippen molar-refractivity contribution >= 4 is 0 Å². The number of hydrogen-bond acceptors (Lipinski definition) is 2. The predicted octanol–water partition coefficient (Wildman–Crippen LogP) is 2.86. The lowest BCUT2D eigenvalue weighted by Gasteiger charge is -2.14. The van der Waals surface area contributed by atoms with Crippen molar-refractivity contribution in [3.8, 4) is 0 Å². The summed E-state index contributed by atoms with van der Waals surface area (Å²) in [5, 5.41) is 0. The number of pyridine rings is 1. The number of aromatic nitrogens is 1. The zero-order chi connectivity index (χ0) is 13.3. The highest BCUT2D eigenvalue weighted by molar-refractivity contribution is 5.33. The Balaban J connectivity index is 2.49. The lowest BCUT2D eigenvalue weighted by atomic mass is 10.0. The Labute approximate surface area is 102 Å². The number of hydrogen-bond donors (Lipinski definition) is 1. The van der Waals surface area contributed by atoms with E-state index >= 15 is 0 Å². The maximum atomic E-state index is 13.9. The second-order valence-electron chi connectivity index (χ2n) is 3.97. The molecule has 0 bridgehead atoms. The first-order valence-corrected chi connectivity index (χ1v) is 5.32. The van der Waals surface area contributed by atoms with E-state index in [0.29, 0.717) is 5.56 Å². The largest absolute Gasteiger partial charge is 0.319 e. The number of aryl methyl sites for hydroxylation is 1. The van der Waals surface area contributed by atoms with E-state index in [2.05, 4.69) is 4.98 Å². The Morgan fingerprint density at radius 1 is 1.11 bits per heavy atom. The van der Waals surface area contributed by atoms with Gasteiger partial charge in [0.05, 0.1) is 17.9 Å².